The number of hydrogen-bond acceptors (Lipinski definition) is 5. The molecule has 6 heteroatoms. The van der Waals surface area contributed by atoms with Gasteiger partial charge in [-0.15, -0.1) is 0 Å². The molecule has 3 rings (SSSR count). The second kappa shape index (κ2) is 6.56. The second-order valence-corrected chi connectivity index (χ2v) is 5.91. The maximum Gasteiger partial charge on any atom is 0.241 e. The summed E-state index contributed by atoms with van der Waals surface area (Å²) in [6.45, 7) is 3.94. The summed E-state index contributed by atoms with van der Waals surface area (Å²) in [4.78, 5) is 6.82. The number of halogens is 1. The van der Waals surface area contributed by atoms with Gasteiger partial charge in [-0.25, -0.2) is 0 Å². The Morgan fingerprint density at radius 3 is 3.19 bits per heavy atom. The van der Waals surface area contributed by atoms with E-state index in [1.807, 2.05) is 31.3 Å². The predicted octanol–water partition coefficient (Wildman–Crippen LogP) is 2.43. The molecular formula is C15H19ClN4O. The van der Waals surface area contributed by atoms with E-state index in [9.17, 15) is 0 Å². The number of hydrogen-bond donors (Lipinski definition) is 1. The fraction of sp³-hybridized carbons (Fsp3) is 0.467. The summed E-state index contributed by atoms with van der Waals surface area (Å²) < 4.78 is 5.35. The first kappa shape index (κ1) is 14.5. The van der Waals surface area contributed by atoms with Gasteiger partial charge in [-0.2, -0.15) is 4.98 Å². The first-order chi connectivity index (χ1) is 10.2. The van der Waals surface area contributed by atoms with E-state index in [0.717, 1.165) is 25.2 Å². The molecule has 112 valence electrons. The van der Waals surface area contributed by atoms with E-state index in [4.69, 9.17) is 16.1 Å². The number of nitrogens with one attached hydrogen (secondary N) is 1. The zero-order chi connectivity index (χ0) is 14.7. The van der Waals surface area contributed by atoms with Gasteiger partial charge in [0.05, 0.1) is 6.54 Å². The molecule has 1 aromatic heterocycles. The van der Waals surface area contributed by atoms with Gasteiger partial charge in [-0.05, 0) is 44.6 Å². The molecule has 1 atom stereocenters. The largest absolute Gasteiger partial charge is 0.338 e. The van der Waals surface area contributed by atoms with Crippen LogP contribution in [0.2, 0.25) is 5.02 Å². The minimum atomic E-state index is 0.596. The highest BCUT2D eigenvalue weighted by molar-refractivity contribution is 6.30. The van der Waals surface area contributed by atoms with Crippen LogP contribution in [0.4, 0.5) is 0 Å². The molecule has 0 radical (unpaired) electrons. The monoisotopic (exact) mass is 306 g/mol. The maximum absolute atomic E-state index is 5.98. The Balaban J connectivity index is 1.63. The fourth-order valence-corrected chi connectivity index (χ4v) is 2.96. The molecule has 1 fully saturated rings. The Morgan fingerprint density at radius 1 is 1.48 bits per heavy atom. The van der Waals surface area contributed by atoms with E-state index in [1.54, 1.807) is 0 Å². The molecule has 0 saturated carbocycles. The SMILES string of the molecule is CNCC1CCN(Cc2nc(-c3cccc(Cl)c3)no2)C1. The van der Waals surface area contributed by atoms with Crippen LogP contribution in [0, 0.1) is 5.92 Å². The summed E-state index contributed by atoms with van der Waals surface area (Å²) in [6, 6.07) is 7.49. The van der Waals surface area contributed by atoms with Gasteiger partial charge < -0.3 is 9.84 Å². The highest BCUT2D eigenvalue weighted by Crippen LogP contribution is 2.21. The Bertz CT molecular complexity index is 601. The van der Waals surface area contributed by atoms with Crippen LogP contribution in [-0.2, 0) is 6.54 Å². The van der Waals surface area contributed by atoms with E-state index in [1.165, 1.54) is 6.42 Å². The molecule has 1 aromatic carbocycles. The van der Waals surface area contributed by atoms with Crippen LogP contribution in [0.3, 0.4) is 0 Å². The lowest BCUT2D eigenvalue weighted by Gasteiger charge is -2.12. The highest BCUT2D eigenvalue weighted by atomic mass is 35.5. The summed E-state index contributed by atoms with van der Waals surface area (Å²) >= 11 is 5.98. The Labute approximate surface area is 129 Å². The van der Waals surface area contributed by atoms with Crippen LogP contribution in [-0.4, -0.2) is 41.7 Å². The molecule has 0 aliphatic carbocycles. The molecule has 21 heavy (non-hydrogen) atoms. The lowest BCUT2D eigenvalue weighted by Crippen LogP contribution is -2.24. The molecule has 0 amide bonds. The van der Waals surface area contributed by atoms with E-state index in [0.29, 0.717) is 29.2 Å². The van der Waals surface area contributed by atoms with Crippen LogP contribution in [0.1, 0.15) is 12.3 Å². The van der Waals surface area contributed by atoms with Gasteiger partial charge in [-0.1, -0.05) is 28.9 Å². The van der Waals surface area contributed by atoms with Crippen molar-refractivity contribution in [1.82, 2.24) is 20.4 Å². The standard InChI is InChI=1S/C15H19ClN4O/c1-17-8-11-5-6-20(9-11)10-14-18-15(19-21-14)12-3-2-4-13(16)7-12/h2-4,7,11,17H,5-6,8-10H2,1H3. The normalized spacial score (nSPS) is 19.2. The van der Waals surface area contributed by atoms with Crippen molar-refractivity contribution in [3.63, 3.8) is 0 Å². The van der Waals surface area contributed by atoms with Crippen LogP contribution >= 0.6 is 11.6 Å². The van der Waals surface area contributed by atoms with Gasteiger partial charge in [0, 0.05) is 17.1 Å². The fourth-order valence-electron chi connectivity index (χ4n) is 2.77. The molecule has 1 unspecified atom stereocenters. The maximum atomic E-state index is 5.98. The highest BCUT2D eigenvalue weighted by Gasteiger charge is 2.23. The van der Waals surface area contributed by atoms with Crippen molar-refractivity contribution in [2.24, 2.45) is 5.92 Å². The molecule has 1 N–H and O–H groups in total. The minimum absolute atomic E-state index is 0.596. The molecule has 5 nitrogen and oxygen atoms in total. The van der Waals surface area contributed by atoms with Gasteiger partial charge in [0.1, 0.15) is 0 Å². The third-order valence-corrected chi connectivity index (χ3v) is 4.01. The number of aromatic nitrogens is 2. The van der Waals surface area contributed by atoms with E-state index in [2.05, 4.69) is 20.4 Å². The average molecular weight is 307 g/mol. The molecule has 0 spiro atoms. The van der Waals surface area contributed by atoms with Crippen molar-refractivity contribution >= 4 is 11.6 Å². The molecule has 1 saturated heterocycles. The van der Waals surface area contributed by atoms with Gasteiger partial charge in [0.15, 0.2) is 0 Å². The first-order valence-electron chi connectivity index (χ1n) is 7.20. The smallest absolute Gasteiger partial charge is 0.241 e. The Kier molecular flexibility index (Phi) is 4.53. The quantitative estimate of drug-likeness (QED) is 0.919. The summed E-state index contributed by atoms with van der Waals surface area (Å²) in [7, 11) is 2.00. The summed E-state index contributed by atoms with van der Waals surface area (Å²) in [5, 5.41) is 7.95. The van der Waals surface area contributed by atoms with Crippen molar-refractivity contribution in [1.29, 1.82) is 0 Å². The number of nitrogens with zero attached hydrogens (tertiary/aromatic N) is 3. The van der Waals surface area contributed by atoms with Crippen molar-refractivity contribution in [2.45, 2.75) is 13.0 Å². The molecule has 2 aromatic rings. The zero-order valence-electron chi connectivity index (χ0n) is 12.1. The minimum Gasteiger partial charge on any atom is -0.338 e. The van der Waals surface area contributed by atoms with E-state index in [-0.39, 0.29) is 0 Å². The molecular weight excluding hydrogens is 288 g/mol. The van der Waals surface area contributed by atoms with Crippen LogP contribution < -0.4 is 5.32 Å². The number of benzene rings is 1. The summed E-state index contributed by atoms with van der Waals surface area (Å²) in [5.41, 5.74) is 0.881. The zero-order valence-corrected chi connectivity index (χ0v) is 12.8. The van der Waals surface area contributed by atoms with Crippen molar-refractivity contribution in [3.8, 4) is 11.4 Å². The van der Waals surface area contributed by atoms with Crippen LogP contribution in [0.15, 0.2) is 28.8 Å². The van der Waals surface area contributed by atoms with Gasteiger partial charge in [0.25, 0.3) is 0 Å². The van der Waals surface area contributed by atoms with Crippen molar-refractivity contribution in [2.75, 3.05) is 26.7 Å². The Morgan fingerprint density at radius 2 is 2.38 bits per heavy atom. The number of likely N-dealkylation sites (tertiary alicyclic amines) is 1. The van der Waals surface area contributed by atoms with Gasteiger partial charge in [-0.3, -0.25) is 4.90 Å². The molecule has 1 aliphatic heterocycles. The van der Waals surface area contributed by atoms with E-state index >= 15 is 0 Å². The summed E-state index contributed by atoms with van der Waals surface area (Å²) in [6.07, 6.45) is 1.22. The van der Waals surface area contributed by atoms with Crippen LogP contribution in [0.5, 0.6) is 0 Å². The lowest BCUT2D eigenvalue weighted by atomic mass is 10.1. The molecule has 2 heterocycles. The van der Waals surface area contributed by atoms with Crippen LogP contribution in [0.25, 0.3) is 11.4 Å². The number of rotatable bonds is 5. The third kappa shape index (κ3) is 3.61. The summed E-state index contributed by atoms with van der Waals surface area (Å²) in [5.74, 6) is 1.97. The van der Waals surface area contributed by atoms with E-state index < -0.39 is 0 Å². The first-order valence-corrected chi connectivity index (χ1v) is 7.58. The van der Waals surface area contributed by atoms with Crippen molar-refractivity contribution < 1.29 is 4.52 Å². The van der Waals surface area contributed by atoms with Crippen molar-refractivity contribution in [3.05, 3.63) is 35.2 Å². The average Bonchev–Trinajstić information content (AvgIpc) is 3.10. The lowest BCUT2D eigenvalue weighted by molar-refractivity contribution is 0.260. The second-order valence-electron chi connectivity index (χ2n) is 5.47. The predicted molar refractivity (Wildman–Crippen MR) is 82.1 cm³/mol. The molecule has 1 aliphatic rings. The topological polar surface area (TPSA) is 54.2 Å². The van der Waals surface area contributed by atoms with Gasteiger partial charge >= 0.3 is 0 Å². The Hall–Kier alpha value is -1.43. The third-order valence-electron chi connectivity index (χ3n) is 3.77. The molecule has 0 bridgehead atoms. The van der Waals surface area contributed by atoms with Gasteiger partial charge in [0.2, 0.25) is 11.7 Å².